The summed E-state index contributed by atoms with van der Waals surface area (Å²) in [6, 6.07) is -0.601. The van der Waals surface area contributed by atoms with Gasteiger partial charge < -0.3 is 10.6 Å². The Bertz CT molecular complexity index is 604. The molecule has 1 rings (SSSR count). The summed E-state index contributed by atoms with van der Waals surface area (Å²) in [6.45, 7) is 6.25. The minimum atomic E-state index is -0.601. The lowest BCUT2D eigenvalue weighted by molar-refractivity contribution is -0.121. The molecule has 0 aliphatic carbocycles. The van der Waals surface area contributed by atoms with Gasteiger partial charge in [0.1, 0.15) is 18.3 Å². The van der Waals surface area contributed by atoms with Crippen LogP contribution in [-0.4, -0.2) is 28.3 Å². The van der Waals surface area contributed by atoms with Gasteiger partial charge in [-0.25, -0.2) is 4.68 Å². The summed E-state index contributed by atoms with van der Waals surface area (Å²) < 4.78 is 1.10. The lowest BCUT2D eigenvalue weighted by Gasteiger charge is -2.17. The summed E-state index contributed by atoms with van der Waals surface area (Å²) in [7, 11) is 0. The molecule has 0 saturated carbocycles. The number of carbonyl (C=O) groups is 1. The second-order valence-corrected chi connectivity index (χ2v) is 5.45. The predicted molar refractivity (Wildman–Crippen MR) is 83.3 cm³/mol. The largest absolute Gasteiger partial charge is 0.368 e. The van der Waals surface area contributed by atoms with E-state index in [1.54, 1.807) is 6.92 Å². The lowest BCUT2D eigenvalue weighted by Crippen LogP contribution is -2.40. The van der Waals surface area contributed by atoms with Crippen molar-refractivity contribution < 1.29 is 4.79 Å². The number of nitrogens with one attached hydrogen (secondary N) is 2. The number of amides is 1. The van der Waals surface area contributed by atoms with Crippen LogP contribution in [0.2, 0.25) is 5.02 Å². The zero-order valence-electron chi connectivity index (χ0n) is 12.3. The first-order chi connectivity index (χ1) is 9.86. The highest BCUT2D eigenvalue weighted by molar-refractivity contribution is 6.33. The van der Waals surface area contributed by atoms with Gasteiger partial charge in [-0.1, -0.05) is 31.4 Å². The molecule has 1 atom stereocenters. The summed E-state index contributed by atoms with van der Waals surface area (Å²) in [4.78, 5) is 24.0. The van der Waals surface area contributed by atoms with E-state index in [0.717, 1.165) is 4.68 Å². The number of anilines is 1. The fraction of sp³-hybridized carbons (Fsp3) is 0.500. The molecular weight excluding hydrogens is 292 g/mol. The minimum absolute atomic E-state index is 0.0403. The zero-order valence-corrected chi connectivity index (χ0v) is 13.1. The van der Waals surface area contributed by atoms with Gasteiger partial charge in [-0.05, 0) is 12.8 Å². The molecule has 0 aliphatic heterocycles. The van der Waals surface area contributed by atoms with Crippen LogP contribution in [0.3, 0.4) is 0 Å². The maximum absolute atomic E-state index is 12.1. The van der Waals surface area contributed by atoms with Crippen LogP contribution < -0.4 is 16.2 Å². The number of rotatable bonds is 6. The third kappa shape index (κ3) is 4.80. The normalized spacial score (nSPS) is 11.8. The first-order valence-corrected chi connectivity index (χ1v) is 6.98. The molecule has 0 aliphatic rings. The summed E-state index contributed by atoms with van der Waals surface area (Å²) in [5, 5.41) is 9.57. The minimum Gasteiger partial charge on any atom is -0.368 e. The Morgan fingerprint density at radius 3 is 2.76 bits per heavy atom. The van der Waals surface area contributed by atoms with Gasteiger partial charge in [-0.15, -0.1) is 6.42 Å². The molecule has 0 spiro atoms. The van der Waals surface area contributed by atoms with E-state index in [0.29, 0.717) is 12.5 Å². The summed E-state index contributed by atoms with van der Waals surface area (Å²) >= 11 is 5.96. The van der Waals surface area contributed by atoms with Crippen LogP contribution in [0.5, 0.6) is 0 Å². The van der Waals surface area contributed by atoms with Crippen LogP contribution in [0.1, 0.15) is 20.8 Å². The topological polar surface area (TPSA) is 76.0 Å². The number of halogens is 1. The number of hydrogen-bond acceptors (Lipinski definition) is 4. The fourth-order valence-electron chi connectivity index (χ4n) is 1.54. The second kappa shape index (κ2) is 7.70. The Morgan fingerprint density at radius 1 is 1.52 bits per heavy atom. The number of terminal acetylenes is 1. The lowest BCUT2D eigenvalue weighted by atomic mass is 10.2. The molecule has 7 heteroatoms. The molecule has 1 aromatic heterocycles. The van der Waals surface area contributed by atoms with E-state index in [9.17, 15) is 9.59 Å². The van der Waals surface area contributed by atoms with E-state index >= 15 is 0 Å². The predicted octanol–water partition coefficient (Wildman–Crippen LogP) is 1.10. The third-order valence-corrected chi connectivity index (χ3v) is 2.96. The van der Waals surface area contributed by atoms with Gasteiger partial charge >= 0.3 is 0 Å². The average Bonchev–Trinajstić information content (AvgIpc) is 2.43. The SMILES string of the molecule is C#CCn1ncc(Cl)c(NC(C)C(=O)NCC(C)C)c1=O. The van der Waals surface area contributed by atoms with Gasteiger partial charge in [0, 0.05) is 6.54 Å². The van der Waals surface area contributed by atoms with Gasteiger partial charge in [-0.2, -0.15) is 5.10 Å². The van der Waals surface area contributed by atoms with E-state index in [4.69, 9.17) is 18.0 Å². The molecule has 2 N–H and O–H groups in total. The van der Waals surface area contributed by atoms with Crippen molar-refractivity contribution in [1.82, 2.24) is 15.1 Å². The van der Waals surface area contributed by atoms with Crippen molar-refractivity contribution in [1.29, 1.82) is 0 Å². The molecule has 0 fully saturated rings. The number of nitrogens with zero attached hydrogens (tertiary/aromatic N) is 2. The Hall–Kier alpha value is -2.00. The molecule has 0 bridgehead atoms. The number of carbonyl (C=O) groups excluding carboxylic acids is 1. The third-order valence-electron chi connectivity index (χ3n) is 2.68. The van der Waals surface area contributed by atoms with Crippen molar-refractivity contribution in [3.8, 4) is 12.3 Å². The highest BCUT2D eigenvalue weighted by atomic mass is 35.5. The number of aromatic nitrogens is 2. The van der Waals surface area contributed by atoms with Crippen LogP contribution in [0.25, 0.3) is 0 Å². The molecule has 6 nitrogen and oxygen atoms in total. The first kappa shape index (κ1) is 17.1. The molecule has 1 aromatic rings. The first-order valence-electron chi connectivity index (χ1n) is 6.60. The van der Waals surface area contributed by atoms with Crippen LogP contribution in [-0.2, 0) is 11.3 Å². The Kier molecular flexibility index (Phi) is 6.25. The average molecular weight is 311 g/mol. The fourth-order valence-corrected chi connectivity index (χ4v) is 1.72. The summed E-state index contributed by atoms with van der Waals surface area (Å²) in [5.74, 6) is 2.47. The van der Waals surface area contributed by atoms with Crippen LogP contribution in [0.4, 0.5) is 5.69 Å². The molecule has 1 heterocycles. The van der Waals surface area contributed by atoms with Crippen molar-refractivity contribution in [2.45, 2.75) is 33.4 Å². The van der Waals surface area contributed by atoms with Crippen LogP contribution >= 0.6 is 11.6 Å². The van der Waals surface area contributed by atoms with E-state index in [1.807, 2.05) is 13.8 Å². The van der Waals surface area contributed by atoms with Crippen molar-refractivity contribution in [2.75, 3.05) is 11.9 Å². The van der Waals surface area contributed by atoms with Crippen molar-refractivity contribution in [3.63, 3.8) is 0 Å². The Balaban J connectivity index is 2.87. The van der Waals surface area contributed by atoms with E-state index in [1.165, 1.54) is 6.20 Å². The molecule has 21 heavy (non-hydrogen) atoms. The molecule has 0 radical (unpaired) electrons. The summed E-state index contributed by atoms with van der Waals surface area (Å²) in [5.41, 5.74) is -0.335. The van der Waals surface area contributed by atoms with Gasteiger partial charge in [-0.3, -0.25) is 9.59 Å². The highest BCUT2D eigenvalue weighted by Crippen LogP contribution is 2.16. The Labute approximate surface area is 128 Å². The highest BCUT2D eigenvalue weighted by Gasteiger charge is 2.17. The van der Waals surface area contributed by atoms with Gasteiger partial charge in [0.15, 0.2) is 0 Å². The van der Waals surface area contributed by atoms with Crippen molar-refractivity contribution >= 4 is 23.2 Å². The number of hydrogen-bond donors (Lipinski definition) is 2. The molecule has 1 amide bonds. The van der Waals surface area contributed by atoms with Gasteiger partial charge in [0.05, 0.1) is 11.2 Å². The van der Waals surface area contributed by atoms with Gasteiger partial charge in [0.25, 0.3) is 5.56 Å². The van der Waals surface area contributed by atoms with Crippen LogP contribution in [0, 0.1) is 18.3 Å². The van der Waals surface area contributed by atoms with Gasteiger partial charge in [0.2, 0.25) is 5.91 Å². The maximum Gasteiger partial charge on any atom is 0.292 e. The molecule has 0 saturated heterocycles. The van der Waals surface area contributed by atoms with E-state index in [2.05, 4.69) is 21.7 Å². The van der Waals surface area contributed by atoms with Crippen LogP contribution in [0.15, 0.2) is 11.0 Å². The quantitative estimate of drug-likeness (QED) is 0.772. The van der Waals surface area contributed by atoms with Crippen molar-refractivity contribution in [2.24, 2.45) is 5.92 Å². The smallest absolute Gasteiger partial charge is 0.292 e. The maximum atomic E-state index is 12.1. The second-order valence-electron chi connectivity index (χ2n) is 5.04. The Morgan fingerprint density at radius 2 is 2.19 bits per heavy atom. The van der Waals surface area contributed by atoms with E-state index in [-0.39, 0.29) is 23.2 Å². The van der Waals surface area contributed by atoms with E-state index < -0.39 is 11.6 Å². The zero-order chi connectivity index (χ0) is 16.0. The molecule has 1 unspecified atom stereocenters. The molecule has 114 valence electrons. The summed E-state index contributed by atoms with van der Waals surface area (Å²) in [6.07, 6.45) is 6.49. The molecular formula is C14H19ClN4O2. The molecule has 0 aromatic carbocycles. The standard InChI is InChI=1S/C14H19ClN4O2/c1-5-6-19-14(21)12(11(15)8-17-19)18-10(4)13(20)16-7-9(2)3/h1,8-10,18H,6-7H2,2-4H3,(H,16,20). The van der Waals surface area contributed by atoms with Crippen molar-refractivity contribution in [3.05, 3.63) is 21.6 Å². The monoisotopic (exact) mass is 310 g/mol.